The predicted molar refractivity (Wildman–Crippen MR) is 143 cm³/mol. The third-order valence-electron chi connectivity index (χ3n) is 7.06. The Morgan fingerprint density at radius 2 is 2.00 bits per heavy atom. The number of fused-ring (bicyclic) bond motifs is 1. The summed E-state index contributed by atoms with van der Waals surface area (Å²) in [7, 11) is 0. The molecule has 5 rings (SSSR count). The van der Waals surface area contributed by atoms with Crippen LogP contribution in [0.5, 0.6) is 0 Å². The first-order valence-corrected chi connectivity index (χ1v) is 12.9. The second kappa shape index (κ2) is 11.5. The molecule has 1 aliphatic heterocycles. The summed E-state index contributed by atoms with van der Waals surface area (Å²) in [5, 5.41) is 12.0. The number of aromatic amines is 1. The van der Waals surface area contributed by atoms with Gasteiger partial charge in [0.05, 0.1) is 6.54 Å². The Bertz CT molecular complexity index is 1260. The summed E-state index contributed by atoms with van der Waals surface area (Å²) >= 11 is 0. The minimum Gasteiger partial charge on any atom is -0.361 e. The Kier molecular flexibility index (Phi) is 7.73. The van der Waals surface area contributed by atoms with Gasteiger partial charge in [-0.1, -0.05) is 18.2 Å². The van der Waals surface area contributed by atoms with E-state index in [1.54, 1.807) is 12.7 Å². The van der Waals surface area contributed by atoms with E-state index in [-0.39, 0.29) is 5.91 Å². The van der Waals surface area contributed by atoms with Crippen molar-refractivity contribution in [1.29, 1.82) is 0 Å². The molecule has 8 heteroatoms. The molecule has 3 N–H and O–H groups in total. The molecular formula is C28H35N7O. The van der Waals surface area contributed by atoms with Crippen LogP contribution in [0.1, 0.15) is 36.5 Å². The molecule has 36 heavy (non-hydrogen) atoms. The summed E-state index contributed by atoms with van der Waals surface area (Å²) in [6.07, 6.45) is 9.94. The number of nitrogens with zero attached hydrogens (tertiary/aromatic N) is 4. The number of carbonyl (C=O) groups is 1. The van der Waals surface area contributed by atoms with Crippen LogP contribution in [-0.2, 0) is 24.2 Å². The molecule has 0 aliphatic carbocycles. The fraction of sp³-hybridized carbons (Fsp3) is 0.393. The summed E-state index contributed by atoms with van der Waals surface area (Å²) in [6, 6.07) is 15.4. The molecule has 8 nitrogen and oxygen atoms in total. The molecule has 1 fully saturated rings. The molecule has 0 radical (unpaired) electrons. The highest BCUT2D eigenvalue weighted by Gasteiger charge is 2.21. The van der Waals surface area contributed by atoms with Crippen LogP contribution in [0, 0.1) is 0 Å². The Balaban J connectivity index is 1.15. The number of amides is 1. The number of benzene rings is 2. The number of hydrogen-bond donors (Lipinski definition) is 3. The van der Waals surface area contributed by atoms with Crippen LogP contribution in [0.2, 0.25) is 0 Å². The number of nitrogens with one attached hydrogen (secondary N) is 3. The number of aromatic nitrogens is 4. The third-order valence-corrected chi connectivity index (χ3v) is 7.06. The molecule has 1 saturated heterocycles. The van der Waals surface area contributed by atoms with Crippen molar-refractivity contribution in [2.24, 2.45) is 0 Å². The van der Waals surface area contributed by atoms with Gasteiger partial charge in [-0.15, -0.1) is 0 Å². The monoisotopic (exact) mass is 485 g/mol. The van der Waals surface area contributed by atoms with Gasteiger partial charge in [0.15, 0.2) is 0 Å². The quantitative estimate of drug-likeness (QED) is 0.319. The maximum atomic E-state index is 11.2. The summed E-state index contributed by atoms with van der Waals surface area (Å²) in [4.78, 5) is 21.4. The number of rotatable bonds is 10. The Morgan fingerprint density at radius 3 is 2.81 bits per heavy atom. The van der Waals surface area contributed by atoms with Crippen molar-refractivity contribution in [1.82, 2.24) is 30.0 Å². The Labute approximate surface area is 212 Å². The predicted octanol–water partition coefficient (Wildman–Crippen LogP) is 3.61. The molecule has 1 amide bonds. The van der Waals surface area contributed by atoms with Gasteiger partial charge in [-0.05, 0) is 66.6 Å². The zero-order valence-corrected chi connectivity index (χ0v) is 20.9. The van der Waals surface area contributed by atoms with Gasteiger partial charge >= 0.3 is 0 Å². The van der Waals surface area contributed by atoms with Gasteiger partial charge in [0.2, 0.25) is 5.91 Å². The smallest absolute Gasteiger partial charge is 0.221 e. The summed E-state index contributed by atoms with van der Waals surface area (Å²) in [5.74, 6) is -0.0359. The molecule has 3 heterocycles. The molecule has 0 bridgehead atoms. The van der Waals surface area contributed by atoms with Gasteiger partial charge in [0, 0.05) is 61.9 Å². The molecule has 188 valence electrons. The van der Waals surface area contributed by atoms with Crippen LogP contribution in [0.25, 0.3) is 10.9 Å². The normalized spacial score (nSPS) is 16.4. The van der Waals surface area contributed by atoms with Gasteiger partial charge in [-0.3, -0.25) is 9.69 Å². The van der Waals surface area contributed by atoms with Crippen LogP contribution in [0.15, 0.2) is 61.3 Å². The summed E-state index contributed by atoms with van der Waals surface area (Å²) < 4.78 is 1.86. The van der Waals surface area contributed by atoms with Crippen LogP contribution < -0.4 is 10.6 Å². The lowest BCUT2D eigenvalue weighted by Crippen LogP contribution is -2.51. The molecular weight excluding hydrogens is 450 g/mol. The van der Waals surface area contributed by atoms with Crippen molar-refractivity contribution in [2.75, 3.05) is 31.5 Å². The fourth-order valence-electron chi connectivity index (χ4n) is 5.17. The zero-order chi connectivity index (χ0) is 24.7. The van der Waals surface area contributed by atoms with Crippen molar-refractivity contribution in [3.63, 3.8) is 0 Å². The number of anilines is 1. The molecule has 1 atom stereocenters. The van der Waals surface area contributed by atoms with Crippen molar-refractivity contribution >= 4 is 22.5 Å². The van der Waals surface area contributed by atoms with Gasteiger partial charge in [0.25, 0.3) is 0 Å². The number of H-pyrrole nitrogens is 1. The van der Waals surface area contributed by atoms with E-state index in [1.807, 2.05) is 16.8 Å². The first kappa shape index (κ1) is 24.2. The van der Waals surface area contributed by atoms with E-state index in [4.69, 9.17) is 0 Å². The average molecular weight is 486 g/mol. The second-order valence-corrected chi connectivity index (χ2v) is 9.70. The van der Waals surface area contributed by atoms with Crippen molar-refractivity contribution in [3.05, 3.63) is 78.0 Å². The van der Waals surface area contributed by atoms with E-state index < -0.39 is 0 Å². The Hall–Kier alpha value is -3.49. The lowest BCUT2D eigenvalue weighted by molar-refractivity contribution is -0.114. The molecule has 0 spiro atoms. The standard InChI is InChI=1S/C28H35N7O/c1-21(36)33-25-8-5-22(6-9-25)11-13-34-14-12-29-17-26(34)4-2-3-24-16-31-28-10-7-23(15-27(24)28)18-35-20-30-19-32-35/h5-10,15-16,19-20,26,29,31H,2-4,11-14,17-18H2,1H3,(H,33,36). The first-order chi connectivity index (χ1) is 17.6. The number of piperazine rings is 1. The zero-order valence-electron chi connectivity index (χ0n) is 20.9. The van der Waals surface area contributed by atoms with E-state index in [0.717, 1.165) is 57.7 Å². The van der Waals surface area contributed by atoms with Gasteiger partial charge in [0.1, 0.15) is 12.7 Å². The lowest BCUT2D eigenvalue weighted by Gasteiger charge is -2.36. The number of carbonyl (C=O) groups excluding carboxylic acids is 1. The van der Waals surface area contributed by atoms with Crippen LogP contribution >= 0.6 is 0 Å². The van der Waals surface area contributed by atoms with E-state index in [9.17, 15) is 4.79 Å². The first-order valence-electron chi connectivity index (χ1n) is 12.9. The lowest BCUT2D eigenvalue weighted by atomic mass is 10.0. The van der Waals surface area contributed by atoms with E-state index in [2.05, 4.69) is 67.1 Å². The molecule has 0 saturated carbocycles. The van der Waals surface area contributed by atoms with Crippen LogP contribution in [-0.4, -0.2) is 62.8 Å². The third kappa shape index (κ3) is 6.19. The summed E-state index contributed by atoms with van der Waals surface area (Å²) in [5.41, 5.74) is 5.98. The minimum absolute atomic E-state index is 0.0359. The largest absolute Gasteiger partial charge is 0.361 e. The number of hydrogen-bond acceptors (Lipinski definition) is 5. The highest BCUT2D eigenvalue weighted by atomic mass is 16.1. The number of aryl methyl sites for hydroxylation is 1. The van der Waals surface area contributed by atoms with Gasteiger partial charge in [-0.2, -0.15) is 5.10 Å². The molecule has 2 aromatic heterocycles. The van der Waals surface area contributed by atoms with Crippen molar-refractivity contribution in [3.8, 4) is 0 Å². The second-order valence-electron chi connectivity index (χ2n) is 9.70. The molecule has 1 aliphatic rings. The van der Waals surface area contributed by atoms with E-state index in [0.29, 0.717) is 6.04 Å². The SMILES string of the molecule is CC(=O)Nc1ccc(CCN2CCNCC2CCCc2c[nH]c3ccc(Cn4cncn4)cc23)cc1. The fourth-order valence-corrected chi connectivity index (χ4v) is 5.17. The minimum atomic E-state index is -0.0359. The highest BCUT2D eigenvalue weighted by Crippen LogP contribution is 2.23. The van der Waals surface area contributed by atoms with Crippen molar-refractivity contribution < 1.29 is 4.79 Å². The van der Waals surface area contributed by atoms with E-state index >= 15 is 0 Å². The van der Waals surface area contributed by atoms with Crippen LogP contribution in [0.3, 0.4) is 0 Å². The maximum Gasteiger partial charge on any atom is 0.221 e. The Morgan fingerprint density at radius 1 is 1.14 bits per heavy atom. The van der Waals surface area contributed by atoms with Crippen molar-refractivity contribution in [2.45, 2.75) is 45.2 Å². The molecule has 2 aromatic carbocycles. The van der Waals surface area contributed by atoms with Gasteiger partial charge in [-0.25, -0.2) is 9.67 Å². The average Bonchev–Trinajstić information content (AvgIpc) is 3.54. The highest BCUT2D eigenvalue weighted by molar-refractivity contribution is 5.88. The molecule has 4 aromatic rings. The molecule has 1 unspecified atom stereocenters. The van der Waals surface area contributed by atoms with Gasteiger partial charge < -0.3 is 15.6 Å². The van der Waals surface area contributed by atoms with Crippen LogP contribution in [0.4, 0.5) is 5.69 Å². The maximum absolute atomic E-state index is 11.2. The topological polar surface area (TPSA) is 90.9 Å². The summed E-state index contributed by atoms with van der Waals surface area (Å²) in [6.45, 7) is 6.53. The van der Waals surface area contributed by atoms with E-state index in [1.165, 1.54) is 40.9 Å².